The highest BCUT2D eigenvalue weighted by Crippen LogP contribution is 2.45. The summed E-state index contributed by atoms with van der Waals surface area (Å²) in [4.78, 5) is 8.70. The molecule has 6 aromatic rings. The maximum absolute atomic E-state index is 7.84. The molecule has 0 spiro atoms. The molecule has 1 aliphatic carbocycles. The zero-order valence-corrected chi connectivity index (χ0v) is 22.4. The van der Waals surface area contributed by atoms with Crippen LogP contribution < -0.4 is 4.57 Å². The molecule has 4 heteroatoms. The highest BCUT2D eigenvalue weighted by Gasteiger charge is 2.25. The van der Waals surface area contributed by atoms with Crippen LogP contribution in [0.4, 0.5) is 5.69 Å². The van der Waals surface area contributed by atoms with Crippen molar-refractivity contribution in [2.45, 2.75) is 44.9 Å². The molecule has 0 radical (unpaired) electrons. The lowest BCUT2D eigenvalue weighted by Gasteiger charge is -2.21. The Morgan fingerprint density at radius 2 is 1.56 bits per heavy atom. The van der Waals surface area contributed by atoms with Crippen molar-refractivity contribution in [1.29, 1.82) is 0 Å². The molecular weight excluding hydrogens is 478 g/mol. The second kappa shape index (κ2) is 9.36. The van der Waals surface area contributed by atoms with Crippen LogP contribution in [0.1, 0.15) is 49.1 Å². The van der Waals surface area contributed by atoms with E-state index in [1.54, 1.807) is 0 Å². The molecule has 4 aromatic carbocycles. The molecule has 0 unspecified atom stereocenters. The van der Waals surface area contributed by atoms with Gasteiger partial charge in [-0.1, -0.05) is 79.9 Å². The largest absolute Gasteiger partial charge is 0.456 e. The topological polar surface area (TPSA) is 34.3 Å². The average molecular weight is 509 g/mol. The Labute approximate surface area is 228 Å². The lowest BCUT2D eigenvalue weighted by atomic mass is 9.83. The fourth-order valence-electron chi connectivity index (χ4n) is 6.52. The van der Waals surface area contributed by atoms with Crippen LogP contribution in [0.3, 0.4) is 0 Å². The summed E-state index contributed by atoms with van der Waals surface area (Å²) >= 11 is 0. The Balaban J connectivity index is 1.50. The average Bonchev–Trinajstić information content (AvgIpc) is 3.36. The zero-order chi connectivity index (χ0) is 26.5. The molecule has 1 saturated carbocycles. The van der Waals surface area contributed by atoms with Crippen molar-refractivity contribution in [3.8, 4) is 22.4 Å². The molecule has 39 heavy (non-hydrogen) atoms. The van der Waals surface area contributed by atoms with Crippen molar-refractivity contribution in [3.63, 3.8) is 0 Å². The van der Waals surface area contributed by atoms with Gasteiger partial charge in [-0.15, -0.1) is 0 Å². The van der Waals surface area contributed by atoms with Crippen molar-refractivity contribution in [1.82, 2.24) is 4.98 Å². The third kappa shape index (κ3) is 3.81. The molecule has 0 bridgehead atoms. The molecule has 0 N–H and O–H groups in total. The number of hydrogen-bond donors (Lipinski definition) is 0. The summed E-state index contributed by atoms with van der Waals surface area (Å²) in [5, 5.41) is 3.21. The maximum Gasteiger partial charge on any atom is 0.287 e. The van der Waals surface area contributed by atoms with Crippen LogP contribution >= 0.6 is 0 Å². The van der Waals surface area contributed by atoms with Gasteiger partial charge in [-0.25, -0.2) is 9.41 Å². The third-order valence-corrected chi connectivity index (χ3v) is 8.49. The number of hydrogen-bond acceptors (Lipinski definition) is 2. The quantitative estimate of drug-likeness (QED) is 0.176. The predicted octanol–water partition coefficient (Wildman–Crippen LogP) is 9.20. The second-order valence-electron chi connectivity index (χ2n) is 10.9. The Hall–Kier alpha value is -4.49. The molecule has 0 amide bonds. The van der Waals surface area contributed by atoms with Gasteiger partial charge in [0.2, 0.25) is 0 Å². The summed E-state index contributed by atoms with van der Waals surface area (Å²) in [7, 11) is 2.06. The van der Waals surface area contributed by atoms with E-state index >= 15 is 0 Å². The Kier molecular flexibility index (Phi) is 5.67. The number of nitrogens with zero attached hydrogens (tertiary/aromatic N) is 3. The van der Waals surface area contributed by atoms with E-state index in [0.717, 1.165) is 60.8 Å². The lowest BCUT2D eigenvalue weighted by Crippen LogP contribution is -2.32. The Morgan fingerprint density at radius 3 is 2.33 bits per heavy atom. The molecule has 2 heterocycles. The van der Waals surface area contributed by atoms with E-state index in [-0.39, 0.29) is 0 Å². The van der Waals surface area contributed by atoms with Gasteiger partial charge >= 0.3 is 0 Å². The van der Waals surface area contributed by atoms with Crippen molar-refractivity contribution in [2.75, 3.05) is 0 Å². The summed E-state index contributed by atoms with van der Waals surface area (Å²) in [5.74, 6) is 0.635. The van der Waals surface area contributed by atoms with Crippen molar-refractivity contribution in [2.24, 2.45) is 7.05 Å². The van der Waals surface area contributed by atoms with Gasteiger partial charge in [-0.05, 0) is 59.5 Å². The second-order valence-corrected chi connectivity index (χ2v) is 10.9. The van der Waals surface area contributed by atoms with Crippen LogP contribution in [0.15, 0.2) is 83.5 Å². The number of aromatic nitrogens is 2. The van der Waals surface area contributed by atoms with Gasteiger partial charge in [0.1, 0.15) is 16.9 Å². The van der Waals surface area contributed by atoms with Crippen LogP contribution in [-0.4, -0.2) is 4.98 Å². The van der Waals surface area contributed by atoms with E-state index in [1.807, 2.05) is 48.8 Å². The van der Waals surface area contributed by atoms with Crippen LogP contribution in [0.5, 0.6) is 0 Å². The van der Waals surface area contributed by atoms with E-state index in [4.69, 9.17) is 16.0 Å². The Morgan fingerprint density at radius 1 is 0.846 bits per heavy atom. The summed E-state index contributed by atoms with van der Waals surface area (Å²) < 4.78 is 8.90. The molecule has 0 saturated heterocycles. The lowest BCUT2D eigenvalue weighted by molar-refractivity contribution is -0.662. The van der Waals surface area contributed by atoms with Gasteiger partial charge in [0, 0.05) is 16.3 Å². The highest BCUT2D eigenvalue weighted by molar-refractivity contribution is 6.16. The fourth-order valence-corrected chi connectivity index (χ4v) is 6.52. The third-order valence-electron chi connectivity index (χ3n) is 8.49. The molecular formula is C35H30N3O+. The molecule has 2 aromatic heterocycles. The summed E-state index contributed by atoms with van der Waals surface area (Å²) in [6, 6.07) is 25.2. The molecule has 1 fully saturated rings. The van der Waals surface area contributed by atoms with Crippen molar-refractivity contribution in [3.05, 3.63) is 102 Å². The maximum atomic E-state index is 7.84. The molecule has 0 atom stereocenters. The first-order valence-corrected chi connectivity index (χ1v) is 13.8. The van der Waals surface area contributed by atoms with E-state index in [1.165, 1.54) is 37.7 Å². The van der Waals surface area contributed by atoms with E-state index in [0.29, 0.717) is 11.6 Å². The van der Waals surface area contributed by atoms with Gasteiger partial charge in [-0.3, -0.25) is 0 Å². The molecule has 4 nitrogen and oxygen atoms in total. The SMILES string of the molecule is [C-]#[N+]c1ccc2c(oc3c(-c4c5ccc(C6CCCCC6)cc5nc[n+]4C)c(C)ccc32)c1-c1ccccc1. The van der Waals surface area contributed by atoms with E-state index < -0.39 is 0 Å². The monoisotopic (exact) mass is 508 g/mol. The van der Waals surface area contributed by atoms with E-state index in [2.05, 4.69) is 53.7 Å². The minimum Gasteiger partial charge on any atom is -0.456 e. The summed E-state index contributed by atoms with van der Waals surface area (Å²) in [5.41, 5.74) is 9.81. The van der Waals surface area contributed by atoms with Crippen LogP contribution in [0, 0.1) is 13.5 Å². The first-order valence-electron chi connectivity index (χ1n) is 13.8. The molecule has 0 aliphatic heterocycles. The van der Waals surface area contributed by atoms with E-state index in [9.17, 15) is 0 Å². The van der Waals surface area contributed by atoms with Gasteiger partial charge in [0.25, 0.3) is 6.33 Å². The van der Waals surface area contributed by atoms with Gasteiger partial charge in [0.15, 0.2) is 11.2 Å². The number of furan rings is 1. The molecule has 7 rings (SSSR count). The smallest absolute Gasteiger partial charge is 0.287 e. The van der Waals surface area contributed by atoms with Gasteiger partial charge in [0.05, 0.1) is 24.6 Å². The predicted molar refractivity (Wildman–Crippen MR) is 158 cm³/mol. The normalized spacial score (nSPS) is 14.3. The van der Waals surface area contributed by atoms with Gasteiger partial charge < -0.3 is 4.42 Å². The molecule has 1 aliphatic rings. The standard InChI is InChI=1S/C35H30N3O/c1-22-14-16-26-27-18-19-29(36-2)32(24-12-8-5-9-13-24)35(27)39-34(26)31(22)33-28-17-15-25(23-10-6-4-7-11-23)20-30(28)37-21-38(33)3/h5,8-9,12-21,23H,4,6-7,10-11H2,1,3H3/q+1. The highest BCUT2D eigenvalue weighted by atomic mass is 16.3. The minimum absolute atomic E-state index is 0.598. The van der Waals surface area contributed by atoms with Crippen molar-refractivity contribution >= 4 is 38.5 Å². The van der Waals surface area contributed by atoms with Crippen molar-refractivity contribution < 1.29 is 8.98 Å². The summed E-state index contributed by atoms with van der Waals surface area (Å²) in [6.07, 6.45) is 8.46. The summed E-state index contributed by atoms with van der Waals surface area (Å²) in [6.45, 7) is 9.98. The van der Waals surface area contributed by atoms with Crippen LogP contribution in [0.25, 0.3) is 60.1 Å². The van der Waals surface area contributed by atoms with Crippen LogP contribution in [-0.2, 0) is 7.05 Å². The number of fused-ring (bicyclic) bond motifs is 4. The Bertz CT molecular complexity index is 1920. The van der Waals surface area contributed by atoms with Crippen LogP contribution in [0.2, 0.25) is 0 Å². The van der Waals surface area contributed by atoms with Gasteiger partial charge in [-0.2, -0.15) is 0 Å². The minimum atomic E-state index is 0.598. The number of rotatable bonds is 3. The first-order chi connectivity index (χ1) is 19.1. The molecule has 190 valence electrons. The first kappa shape index (κ1) is 23.6. The zero-order valence-electron chi connectivity index (χ0n) is 22.4. The number of aryl methyl sites for hydroxylation is 2. The number of benzene rings is 4. The fraction of sp³-hybridized carbons (Fsp3) is 0.229.